The van der Waals surface area contributed by atoms with Crippen molar-refractivity contribution in [1.29, 1.82) is 0 Å². The van der Waals surface area contributed by atoms with Gasteiger partial charge < -0.3 is 31.5 Å². The lowest BCUT2D eigenvalue weighted by Gasteiger charge is -2.15. The minimum absolute atomic E-state index is 0.536. The second-order valence-corrected chi connectivity index (χ2v) is 7.66. The van der Waals surface area contributed by atoms with Crippen LogP contribution in [0.15, 0.2) is 0 Å². The Labute approximate surface area is 144 Å². The van der Waals surface area contributed by atoms with Gasteiger partial charge in [-0.05, 0) is 25.7 Å². The van der Waals surface area contributed by atoms with Gasteiger partial charge in [-0.3, -0.25) is 4.52 Å². The number of hydrogen-bond donors (Lipinski definition) is 6. The van der Waals surface area contributed by atoms with Gasteiger partial charge in [0, 0.05) is 12.1 Å². The zero-order valence-electron chi connectivity index (χ0n) is 14.4. The first-order chi connectivity index (χ1) is 11.2. The Morgan fingerprint density at radius 2 is 1.29 bits per heavy atom. The summed E-state index contributed by atoms with van der Waals surface area (Å²) in [6.45, 7) is -1.15. The quantitative estimate of drug-likeness (QED) is 0.314. The Morgan fingerprint density at radius 3 is 1.50 bits per heavy atom. The standard InChI is InChI=1S/2C6H13N.C3H9O6P/c2*7-6-4-2-1-3-5-6;4-1-3(5)2-9-10(6,7)8/h2*6H,1-5,7H2;3-5H,1-2H2,(H2,6,7,8)/i;;1+1,2+1,3+1. The first-order valence-corrected chi connectivity index (χ1v) is 10.3. The summed E-state index contributed by atoms with van der Waals surface area (Å²) >= 11 is 0. The SMILES string of the molecule is NC1CCCCC1.NC1CCCCC1.O=P(O)(O)O[13CH2][13CH](O)[13CH2]O. The summed E-state index contributed by atoms with van der Waals surface area (Å²) in [4.78, 5) is 16.1. The number of rotatable bonds is 4. The minimum Gasteiger partial charge on any atom is -0.394 e. The molecule has 2 rings (SSSR count). The van der Waals surface area contributed by atoms with E-state index in [9.17, 15) is 4.57 Å². The molecule has 0 aromatic rings. The maximum Gasteiger partial charge on any atom is 0.469 e. The molecular weight excluding hydrogens is 338 g/mol. The van der Waals surface area contributed by atoms with Crippen LogP contribution >= 0.6 is 7.82 Å². The second-order valence-electron chi connectivity index (χ2n) is 6.42. The second kappa shape index (κ2) is 14.2. The lowest BCUT2D eigenvalue weighted by Crippen LogP contribution is -2.22. The van der Waals surface area contributed by atoms with Gasteiger partial charge >= 0.3 is 7.82 Å². The summed E-state index contributed by atoms with van der Waals surface area (Å²) in [5.41, 5.74) is 11.3. The molecule has 2 aliphatic rings. The molecule has 8 N–H and O–H groups in total. The third-order valence-corrected chi connectivity index (χ3v) is 4.43. The summed E-state index contributed by atoms with van der Waals surface area (Å²) in [6, 6.07) is 1.07. The zero-order chi connectivity index (χ0) is 18.4. The Balaban J connectivity index is 0.000000337. The number of aliphatic hydroxyl groups is 2. The van der Waals surface area contributed by atoms with Crippen LogP contribution in [0.5, 0.6) is 0 Å². The van der Waals surface area contributed by atoms with E-state index in [1.54, 1.807) is 0 Å². The van der Waals surface area contributed by atoms with Crippen molar-refractivity contribution >= 4 is 7.82 Å². The molecule has 146 valence electrons. The number of aliphatic hydroxyl groups excluding tert-OH is 2. The van der Waals surface area contributed by atoms with Crippen LogP contribution in [0.25, 0.3) is 0 Å². The van der Waals surface area contributed by atoms with Crippen LogP contribution in [0.4, 0.5) is 0 Å². The van der Waals surface area contributed by atoms with Crippen molar-refractivity contribution in [2.45, 2.75) is 82.4 Å². The summed E-state index contributed by atoms with van der Waals surface area (Å²) in [6.07, 6.45) is 12.1. The van der Waals surface area contributed by atoms with Gasteiger partial charge in [-0.15, -0.1) is 0 Å². The molecule has 0 spiro atoms. The largest absolute Gasteiger partial charge is 0.469 e. The number of hydrogen-bond acceptors (Lipinski definition) is 6. The van der Waals surface area contributed by atoms with E-state index in [0.717, 1.165) is 0 Å². The van der Waals surface area contributed by atoms with Gasteiger partial charge in [-0.1, -0.05) is 38.5 Å². The monoisotopic (exact) mass is 373 g/mol. The number of phosphoric acid groups is 1. The van der Waals surface area contributed by atoms with Crippen LogP contribution < -0.4 is 11.5 Å². The van der Waals surface area contributed by atoms with E-state index in [4.69, 9.17) is 31.5 Å². The number of nitrogens with two attached hydrogens (primary N) is 2. The fourth-order valence-electron chi connectivity index (χ4n) is 2.50. The maximum atomic E-state index is 9.93. The van der Waals surface area contributed by atoms with Crippen molar-refractivity contribution in [3.05, 3.63) is 0 Å². The third kappa shape index (κ3) is 16.8. The van der Waals surface area contributed by atoms with E-state index in [2.05, 4.69) is 4.52 Å². The highest BCUT2D eigenvalue weighted by atomic mass is 31.2. The van der Waals surface area contributed by atoms with Crippen molar-refractivity contribution in [1.82, 2.24) is 0 Å². The Bertz CT molecular complexity index is 314. The number of phosphoric ester groups is 1. The first kappa shape index (κ1) is 23.9. The molecule has 0 saturated heterocycles. The van der Waals surface area contributed by atoms with Gasteiger partial charge in [-0.2, -0.15) is 0 Å². The smallest absolute Gasteiger partial charge is 0.394 e. The molecule has 1 unspecified atom stereocenters. The third-order valence-electron chi connectivity index (χ3n) is 3.95. The Hall–Kier alpha value is -0.0500. The lowest BCUT2D eigenvalue weighted by molar-refractivity contribution is 0.0419. The minimum atomic E-state index is -4.50. The molecule has 0 amide bonds. The van der Waals surface area contributed by atoms with Crippen LogP contribution in [0, 0.1) is 0 Å². The summed E-state index contributed by atoms with van der Waals surface area (Å²) in [5, 5.41) is 16.7. The van der Waals surface area contributed by atoms with Crippen LogP contribution in [0.2, 0.25) is 0 Å². The molecule has 0 radical (unpaired) electrons. The average Bonchev–Trinajstić information content (AvgIpc) is 2.54. The topological polar surface area (TPSA) is 159 Å². The van der Waals surface area contributed by atoms with Gasteiger partial charge in [0.1, 0.15) is 6.10 Å². The van der Waals surface area contributed by atoms with Gasteiger partial charge in [0.25, 0.3) is 0 Å². The van der Waals surface area contributed by atoms with Crippen molar-refractivity contribution in [3.63, 3.8) is 0 Å². The molecule has 0 aliphatic heterocycles. The molecule has 1 atom stereocenters. The Morgan fingerprint density at radius 1 is 0.917 bits per heavy atom. The molecule has 2 aliphatic carbocycles. The van der Waals surface area contributed by atoms with E-state index in [1.165, 1.54) is 64.2 Å². The molecule has 0 bridgehead atoms. The van der Waals surface area contributed by atoms with Crippen molar-refractivity contribution in [2.24, 2.45) is 11.5 Å². The van der Waals surface area contributed by atoms with Crippen LogP contribution in [0.1, 0.15) is 64.2 Å². The van der Waals surface area contributed by atoms with Crippen LogP contribution in [0.3, 0.4) is 0 Å². The highest BCUT2D eigenvalue weighted by Crippen LogP contribution is 2.35. The van der Waals surface area contributed by atoms with Gasteiger partial charge in [0.2, 0.25) is 0 Å². The van der Waals surface area contributed by atoms with E-state index < -0.39 is 27.1 Å². The lowest BCUT2D eigenvalue weighted by atomic mass is 9.97. The first-order valence-electron chi connectivity index (χ1n) is 8.74. The van der Waals surface area contributed by atoms with Crippen molar-refractivity contribution in [2.75, 3.05) is 13.2 Å². The van der Waals surface area contributed by atoms with E-state index in [-0.39, 0.29) is 0 Å². The molecule has 9 heteroatoms. The molecule has 0 aromatic heterocycles. The summed E-state index contributed by atoms with van der Waals surface area (Å²) < 4.78 is 13.8. The fourth-order valence-corrected chi connectivity index (χ4v) is 2.87. The predicted octanol–water partition coefficient (Wildman–Crippen LogP) is 1.00. The van der Waals surface area contributed by atoms with Crippen molar-refractivity contribution < 1.29 is 29.1 Å². The van der Waals surface area contributed by atoms with E-state index in [1.807, 2.05) is 0 Å². The molecule has 0 aromatic carbocycles. The Kier molecular flexibility index (Phi) is 14.1. The molecular formula is C15H35N2O6P. The summed E-state index contributed by atoms with van der Waals surface area (Å²) in [7, 11) is -4.50. The molecule has 2 fully saturated rings. The molecule has 8 nitrogen and oxygen atoms in total. The normalized spacial score (nSPS) is 21.1. The molecule has 24 heavy (non-hydrogen) atoms. The summed E-state index contributed by atoms with van der Waals surface area (Å²) in [5.74, 6) is 0. The van der Waals surface area contributed by atoms with Crippen molar-refractivity contribution in [3.8, 4) is 0 Å². The zero-order valence-corrected chi connectivity index (χ0v) is 15.3. The highest BCUT2D eigenvalue weighted by Gasteiger charge is 2.15. The van der Waals surface area contributed by atoms with Gasteiger partial charge in [0.05, 0.1) is 13.2 Å². The average molecular weight is 373 g/mol. The molecule has 0 heterocycles. The maximum absolute atomic E-state index is 9.93. The van der Waals surface area contributed by atoms with Gasteiger partial charge in [-0.25, -0.2) is 4.57 Å². The predicted molar refractivity (Wildman–Crippen MR) is 93.2 cm³/mol. The van der Waals surface area contributed by atoms with Gasteiger partial charge in [0.15, 0.2) is 0 Å². The fraction of sp³-hybridized carbons (Fsp3) is 1.00. The van der Waals surface area contributed by atoms with E-state index >= 15 is 0 Å². The van der Waals surface area contributed by atoms with Crippen LogP contribution in [-0.2, 0) is 9.09 Å². The highest BCUT2D eigenvalue weighted by molar-refractivity contribution is 7.46. The molecule has 2 saturated carbocycles. The van der Waals surface area contributed by atoms with Crippen LogP contribution in [-0.4, -0.2) is 51.4 Å². The van der Waals surface area contributed by atoms with E-state index in [0.29, 0.717) is 12.1 Å².